The molecule has 0 aromatic rings. The van der Waals surface area contributed by atoms with Crippen LogP contribution in [0.25, 0.3) is 0 Å². The zero-order valence-electron chi connectivity index (χ0n) is 5.93. The highest BCUT2D eigenvalue weighted by Crippen LogP contribution is 2.25. The van der Waals surface area contributed by atoms with Gasteiger partial charge in [0.15, 0.2) is 0 Å². The molecular formula is C6H12BIO. The summed E-state index contributed by atoms with van der Waals surface area (Å²) < 4.78 is 6.76. The quantitative estimate of drug-likeness (QED) is 0.373. The Labute approximate surface area is 71.1 Å². The second-order valence-corrected chi connectivity index (χ2v) is 3.73. The molecule has 0 aliphatic carbocycles. The molecule has 0 aromatic carbocycles. The third-order valence-electron chi connectivity index (χ3n) is 1.90. The standard InChI is InChI=1S/C6H12BIO/c1-4-2-6(7)9-5(4)3-8/h4-6H,2-3,7H2,1H3/t4-,5+,6-/m1/s1. The van der Waals surface area contributed by atoms with Gasteiger partial charge in [0, 0.05) is 10.4 Å². The fraction of sp³-hybridized carbons (Fsp3) is 1.00. The van der Waals surface area contributed by atoms with E-state index >= 15 is 0 Å². The molecule has 0 N–H and O–H groups in total. The summed E-state index contributed by atoms with van der Waals surface area (Å²) in [5, 5.41) is 0. The van der Waals surface area contributed by atoms with E-state index in [0.717, 1.165) is 10.3 Å². The summed E-state index contributed by atoms with van der Waals surface area (Å²) in [4.78, 5) is 0. The molecule has 1 aliphatic rings. The molecule has 1 rings (SSSR count). The Kier molecular flexibility index (Phi) is 2.83. The number of rotatable bonds is 1. The third-order valence-corrected chi connectivity index (χ3v) is 2.77. The maximum atomic E-state index is 5.62. The fourth-order valence-corrected chi connectivity index (χ4v) is 2.43. The lowest BCUT2D eigenvalue weighted by Gasteiger charge is -2.09. The number of ether oxygens (including phenoxy) is 1. The maximum absolute atomic E-state index is 5.62. The Morgan fingerprint density at radius 2 is 2.44 bits per heavy atom. The minimum Gasteiger partial charge on any atom is -0.383 e. The highest BCUT2D eigenvalue weighted by atomic mass is 127. The molecule has 3 atom stereocenters. The lowest BCUT2D eigenvalue weighted by molar-refractivity contribution is 0.0937. The van der Waals surface area contributed by atoms with E-state index in [2.05, 4.69) is 37.4 Å². The van der Waals surface area contributed by atoms with Gasteiger partial charge in [-0.3, -0.25) is 0 Å². The summed E-state index contributed by atoms with van der Waals surface area (Å²) in [5.74, 6) is 0.775. The third kappa shape index (κ3) is 1.83. The van der Waals surface area contributed by atoms with Crippen LogP contribution in [-0.4, -0.2) is 24.4 Å². The van der Waals surface area contributed by atoms with Gasteiger partial charge in [0.05, 0.1) is 6.10 Å². The first-order valence-electron chi connectivity index (χ1n) is 3.45. The molecule has 1 heterocycles. The topological polar surface area (TPSA) is 9.23 Å². The monoisotopic (exact) mass is 238 g/mol. The predicted octanol–water partition coefficient (Wildman–Crippen LogP) is 0.806. The number of halogens is 1. The SMILES string of the molecule is B[C@H]1C[C@@H](C)[C@H](CI)O1. The van der Waals surface area contributed by atoms with Crippen LogP contribution in [0.2, 0.25) is 0 Å². The molecule has 0 amide bonds. The molecule has 0 radical (unpaired) electrons. The van der Waals surface area contributed by atoms with Crippen LogP contribution in [0.5, 0.6) is 0 Å². The normalized spacial score (nSPS) is 43.6. The average molecular weight is 238 g/mol. The largest absolute Gasteiger partial charge is 0.383 e. The van der Waals surface area contributed by atoms with Crippen LogP contribution in [0.15, 0.2) is 0 Å². The first-order chi connectivity index (χ1) is 4.24. The molecule has 1 aliphatic heterocycles. The van der Waals surface area contributed by atoms with Gasteiger partial charge in [-0.2, -0.15) is 0 Å². The van der Waals surface area contributed by atoms with Crippen molar-refractivity contribution in [2.24, 2.45) is 5.92 Å². The van der Waals surface area contributed by atoms with Crippen molar-refractivity contribution in [1.29, 1.82) is 0 Å². The number of hydrogen-bond donors (Lipinski definition) is 0. The van der Waals surface area contributed by atoms with Gasteiger partial charge in [-0.1, -0.05) is 29.5 Å². The summed E-state index contributed by atoms with van der Waals surface area (Å²) in [6.07, 6.45) is 1.77. The smallest absolute Gasteiger partial charge is 0.139 e. The minimum atomic E-state index is 0.500. The van der Waals surface area contributed by atoms with Crippen molar-refractivity contribution in [3.8, 4) is 0 Å². The van der Waals surface area contributed by atoms with Gasteiger partial charge in [0.1, 0.15) is 7.85 Å². The number of alkyl halides is 1. The summed E-state index contributed by atoms with van der Waals surface area (Å²) in [7, 11) is 2.16. The van der Waals surface area contributed by atoms with Gasteiger partial charge in [0.2, 0.25) is 0 Å². The van der Waals surface area contributed by atoms with Gasteiger partial charge in [-0.05, 0) is 12.3 Å². The van der Waals surface area contributed by atoms with E-state index in [0.29, 0.717) is 12.1 Å². The first-order valence-corrected chi connectivity index (χ1v) is 4.98. The predicted molar refractivity (Wildman–Crippen MR) is 49.9 cm³/mol. The lowest BCUT2D eigenvalue weighted by atomic mass is 9.92. The molecule has 0 bridgehead atoms. The Hall–Kier alpha value is 0.755. The van der Waals surface area contributed by atoms with E-state index in [9.17, 15) is 0 Å². The number of hydrogen-bond acceptors (Lipinski definition) is 1. The molecule has 1 saturated heterocycles. The zero-order chi connectivity index (χ0) is 6.85. The molecule has 52 valence electrons. The van der Waals surface area contributed by atoms with Gasteiger partial charge >= 0.3 is 0 Å². The van der Waals surface area contributed by atoms with E-state index in [1.54, 1.807) is 0 Å². The van der Waals surface area contributed by atoms with Crippen LogP contribution in [0.4, 0.5) is 0 Å². The minimum absolute atomic E-state index is 0.500. The van der Waals surface area contributed by atoms with Crippen LogP contribution in [-0.2, 0) is 4.74 Å². The van der Waals surface area contributed by atoms with E-state index in [-0.39, 0.29) is 0 Å². The maximum Gasteiger partial charge on any atom is 0.139 e. The molecule has 1 nitrogen and oxygen atoms in total. The van der Waals surface area contributed by atoms with E-state index < -0.39 is 0 Å². The Balaban J connectivity index is 2.38. The van der Waals surface area contributed by atoms with Crippen LogP contribution >= 0.6 is 22.6 Å². The Morgan fingerprint density at radius 1 is 1.78 bits per heavy atom. The molecule has 0 unspecified atom stereocenters. The Morgan fingerprint density at radius 3 is 2.67 bits per heavy atom. The van der Waals surface area contributed by atoms with Crippen LogP contribution in [0.1, 0.15) is 13.3 Å². The zero-order valence-corrected chi connectivity index (χ0v) is 8.09. The average Bonchev–Trinajstić information content (AvgIpc) is 2.10. The molecule has 0 spiro atoms. The van der Waals surface area contributed by atoms with Crippen molar-refractivity contribution in [3.63, 3.8) is 0 Å². The second-order valence-electron chi connectivity index (χ2n) is 2.85. The highest BCUT2D eigenvalue weighted by Gasteiger charge is 2.27. The molecule has 0 saturated carbocycles. The molecule has 9 heavy (non-hydrogen) atoms. The van der Waals surface area contributed by atoms with Crippen molar-refractivity contribution >= 4 is 30.4 Å². The van der Waals surface area contributed by atoms with E-state index in [1.807, 2.05) is 0 Å². The summed E-state index contributed by atoms with van der Waals surface area (Å²) in [5.41, 5.74) is 0. The van der Waals surface area contributed by atoms with Crippen LogP contribution in [0, 0.1) is 5.92 Å². The first kappa shape index (κ1) is 7.86. The van der Waals surface area contributed by atoms with Gasteiger partial charge in [-0.25, -0.2) is 0 Å². The van der Waals surface area contributed by atoms with Gasteiger partial charge < -0.3 is 4.74 Å². The molecule has 3 heteroatoms. The van der Waals surface area contributed by atoms with Crippen LogP contribution in [0.3, 0.4) is 0 Å². The molecular weight excluding hydrogens is 226 g/mol. The Bertz CT molecular complexity index is 99.1. The van der Waals surface area contributed by atoms with Crippen molar-refractivity contribution in [2.75, 3.05) is 4.43 Å². The fourth-order valence-electron chi connectivity index (χ4n) is 1.35. The van der Waals surface area contributed by atoms with Crippen LogP contribution < -0.4 is 0 Å². The van der Waals surface area contributed by atoms with Crippen molar-refractivity contribution in [3.05, 3.63) is 0 Å². The molecule has 0 aromatic heterocycles. The summed E-state index contributed by atoms with van der Waals surface area (Å²) >= 11 is 2.39. The van der Waals surface area contributed by atoms with E-state index in [1.165, 1.54) is 6.42 Å². The lowest BCUT2D eigenvalue weighted by Crippen LogP contribution is -2.15. The van der Waals surface area contributed by atoms with Crippen molar-refractivity contribution < 1.29 is 4.74 Å². The molecule has 1 fully saturated rings. The van der Waals surface area contributed by atoms with Crippen molar-refractivity contribution in [2.45, 2.75) is 25.5 Å². The highest BCUT2D eigenvalue weighted by molar-refractivity contribution is 14.1. The van der Waals surface area contributed by atoms with Crippen molar-refractivity contribution in [1.82, 2.24) is 0 Å². The van der Waals surface area contributed by atoms with Gasteiger partial charge in [-0.15, -0.1) is 0 Å². The van der Waals surface area contributed by atoms with Gasteiger partial charge in [0.25, 0.3) is 0 Å². The van der Waals surface area contributed by atoms with E-state index in [4.69, 9.17) is 4.74 Å². The summed E-state index contributed by atoms with van der Waals surface area (Å²) in [6, 6.07) is 0.500. The second kappa shape index (κ2) is 3.24. The summed E-state index contributed by atoms with van der Waals surface area (Å²) in [6.45, 7) is 2.27.